The molecule has 2 N–H and O–H groups in total. The fraction of sp³-hybridized carbons (Fsp3) is 0.222. The lowest BCUT2D eigenvalue weighted by molar-refractivity contribution is 0.0697. The van der Waals surface area contributed by atoms with Gasteiger partial charge in [0.25, 0.3) is 0 Å². The Morgan fingerprint density at radius 3 is 2.64 bits per heavy atom. The van der Waals surface area contributed by atoms with Crippen molar-refractivity contribution in [1.82, 2.24) is 5.01 Å². The summed E-state index contributed by atoms with van der Waals surface area (Å²) < 4.78 is 13.2. The summed E-state index contributed by atoms with van der Waals surface area (Å²) in [5.74, 6) is -1.74. The first-order chi connectivity index (χ1) is 6.52. The molecule has 0 aliphatic carbocycles. The second-order valence-electron chi connectivity index (χ2n) is 2.97. The molecule has 5 heteroatoms. The molecular formula is C9H11FN2O2. The highest BCUT2D eigenvalue weighted by atomic mass is 19.1. The molecule has 0 heterocycles. The Morgan fingerprint density at radius 2 is 2.14 bits per heavy atom. The van der Waals surface area contributed by atoms with Gasteiger partial charge in [-0.1, -0.05) is 6.07 Å². The van der Waals surface area contributed by atoms with E-state index in [9.17, 15) is 9.18 Å². The molecule has 0 fully saturated rings. The number of benzene rings is 1. The quantitative estimate of drug-likeness (QED) is 0.721. The summed E-state index contributed by atoms with van der Waals surface area (Å²) in [7, 11) is 3.30. The Morgan fingerprint density at radius 1 is 1.50 bits per heavy atom. The van der Waals surface area contributed by atoms with E-state index >= 15 is 0 Å². The molecule has 0 amide bonds. The minimum absolute atomic E-state index is 0.0231. The maximum atomic E-state index is 13.2. The third-order valence-electron chi connectivity index (χ3n) is 1.58. The number of para-hydroxylation sites is 1. The zero-order chi connectivity index (χ0) is 10.7. The zero-order valence-corrected chi connectivity index (χ0v) is 7.91. The van der Waals surface area contributed by atoms with Crippen molar-refractivity contribution in [2.24, 2.45) is 0 Å². The molecule has 1 aromatic carbocycles. The molecule has 0 spiro atoms. The fourth-order valence-electron chi connectivity index (χ4n) is 1.04. The number of nitrogens with zero attached hydrogens (tertiary/aromatic N) is 1. The van der Waals surface area contributed by atoms with Crippen molar-refractivity contribution in [3.05, 3.63) is 29.6 Å². The topological polar surface area (TPSA) is 52.6 Å². The van der Waals surface area contributed by atoms with Crippen LogP contribution in [0.15, 0.2) is 18.2 Å². The summed E-state index contributed by atoms with van der Waals surface area (Å²) in [5, 5.41) is 10.3. The molecule has 1 aromatic rings. The van der Waals surface area contributed by atoms with Gasteiger partial charge in [-0.15, -0.1) is 0 Å². The smallest absolute Gasteiger partial charge is 0.337 e. The number of carbonyl (C=O) groups is 1. The second kappa shape index (κ2) is 4.06. The Hall–Kier alpha value is -1.62. The van der Waals surface area contributed by atoms with Crippen LogP contribution in [0.4, 0.5) is 10.1 Å². The lowest BCUT2D eigenvalue weighted by Gasteiger charge is -2.15. The molecule has 0 aromatic heterocycles. The van der Waals surface area contributed by atoms with Crippen LogP contribution in [0.2, 0.25) is 0 Å². The summed E-state index contributed by atoms with van der Waals surface area (Å²) in [6.45, 7) is 0. The highest BCUT2D eigenvalue weighted by molar-refractivity contribution is 5.94. The van der Waals surface area contributed by atoms with Gasteiger partial charge in [-0.3, -0.25) is 0 Å². The molecule has 0 radical (unpaired) electrons. The molecule has 4 nitrogen and oxygen atoms in total. The highest BCUT2D eigenvalue weighted by Gasteiger charge is 2.13. The van der Waals surface area contributed by atoms with Crippen molar-refractivity contribution in [2.45, 2.75) is 0 Å². The predicted molar refractivity (Wildman–Crippen MR) is 50.7 cm³/mol. The maximum Gasteiger partial charge on any atom is 0.337 e. The number of rotatable bonds is 3. The number of halogens is 1. The summed E-state index contributed by atoms with van der Waals surface area (Å²) in [6.07, 6.45) is 0. The molecule has 0 unspecified atom stereocenters. The van der Waals surface area contributed by atoms with Gasteiger partial charge < -0.3 is 10.5 Å². The maximum absolute atomic E-state index is 13.2. The third kappa shape index (κ3) is 2.20. The summed E-state index contributed by atoms with van der Waals surface area (Å²) in [4.78, 5) is 10.7. The number of hydrogen-bond acceptors (Lipinski definition) is 3. The van der Waals surface area contributed by atoms with E-state index in [1.807, 2.05) is 0 Å². The Labute approximate surface area is 80.9 Å². The van der Waals surface area contributed by atoms with E-state index in [1.54, 1.807) is 14.1 Å². The van der Waals surface area contributed by atoms with Gasteiger partial charge in [-0.2, -0.15) is 0 Å². The molecule has 0 saturated carbocycles. The molecule has 14 heavy (non-hydrogen) atoms. The fourth-order valence-corrected chi connectivity index (χ4v) is 1.04. The van der Waals surface area contributed by atoms with Gasteiger partial charge >= 0.3 is 5.97 Å². The monoisotopic (exact) mass is 198 g/mol. The summed E-state index contributed by atoms with van der Waals surface area (Å²) in [6, 6.07) is 3.91. The molecule has 0 aliphatic rings. The van der Waals surface area contributed by atoms with Gasteiger partial charge in [0.15, 0.2) is 0 Å². The van der Waals surface area contributed by atoms with E-state index in [0.29, 0.717) is 0 Å². The average molecular weight is 198 g/mol. The van der Waals surface area contributed by atoms with Gasteiger partial charge in [0.05, 0.1) is 11.3 Å². The SMILES string of the molecule is CN(C)Nc1c(F)cccc1C(=O)O. The van der Waals surface area contributed by atoms with Crippen LogP contribution < -0.4 is 5.43 Å². The molecule has 76 valence electrons. The van der Waals surface area contributed by atoms with Crippen molar-refractivity contribution in [2.75, 3.05) is 19.5 Å². The van der Waals surface area contributed by atoms with Crippen molar-refractivity contribution < 1.29 is 14.3 Å². The van der Waals surface area contributed by atoms with E-state index in [0.717, 1.165) is 0 Å². The molecule has 0 saturated heterocycles. The second-order valence-corrected chi connectivity index (χ2v) is 2.97. The van der Waals surface area contributed by atoms with Crippen LogP contribution in [0.3, 0.4) is 0 Å². The first-order valence-electron chi connectivity index (χ1n) is 3.98. The molecule has 0 atom stereocenters. The Bertz CT molecular complexity index is 353. The van der Waals surface area contributed by atoms with Crippen molar-refractivity contribution in [1.29, 1.82) is 0 Å². The number of aromatic carboxylic acids is 1. The number of hydrogen-bond donors (Lipinski definition) is 2. The van der Waals surface area contributed by atoms with Gasteiger partial charge in [-0.05, 0) is 12.1 Å². The van der Waals surface area contributed by atoms with Crippen LogP contribution in [0.25, 0.3) is 0 Å². The lowest BCUT2D eigenvalue weighted by Crippen LogP contribution is -2.22. The van der Waals surface area contributed by atoms with Crippen LogP contribution >= 0.6 is 0 Å². The van der Waals surface area contributed by atoms with E-state index in [-0.39, 0.29) is 11.3 Å². The minimum atomic E-state index is -1.16. The minimum Gasteiger partial charge on any atom is -0.478 e. The first kappa shape index (κ1) is 10.5. The van der Waals surface area contributed by atoms with Crippen LogP contribution in [0, 0.1) is 5.82 Å². The van der Waals surface area contributed by atoms with Crippen LogP contribution in [-0.2, 0) is 0 Å². The third-order valence-corrected chi connectivity index (χ3v) is 1.58. The molecule has 1 rings (SSSR count). The highest BCUT2D eigenvalue weighted by Crippen LogP contribution is 2.19. The standard InChI is InChI=1S/C9H11FN2O2/c1-12(2)11-8-6(9(13)14)4-3-5-7(8)10/h3-5,11H,1-2H3,(H,13,14). The molecule has 0 bridgehead atoms. The lowest BCUT2D eigenvalue weighted by atomic mass is 10.2. The largest absolute Gasteiger partial charge is 0.478 e. The normalized spacial score (nSPS) is 10.3. The summed E-state index contributed by atoms with van der Waals surface area (Å²) >= 11 is 0. The van der Waals surface area contributed by atoms with Gasteiger partial charge in [-0.25, -0.2) is 14.2 Å². The first-order valence-corrected chi connectivity index (χ1v) is 3.98. The van der Waals surface area contributed by atoms with E-state index in [1.165, 1.54) is 23.2 Å². The number of carboxylic acids is 1. The van der Waals surface area contributed by atoms with E-state index in [4.69, 9.17) is 5.11 Å². The van der Waals surface area contributed by atoms with Crippen LogP contribution in [0.5, 0.6) is 0 Å². The van der Waals surface area contributed by atoms with Crippen LogP contribution in [-0.4, -0.2) is 30.2 Å². The van der Waals surface area contributed by atoms with Gasteiger partial charge in [0.2, 0.25) is 0 Å². The Kier molecular flexibility index (Phi) is 3.03. The van der Waals surface area contributed by atoms with Gasteiger partial charge in [0, 0.05) is 14.1 Å². The number of carboxylic acid groups (broad SMARTS) is 1. The molecular weight excluding hydrogens is 187 g/mol. The van der Waals surface area contributed by atoms with Crippen molar-refractivity contribution >= 4 is 11.7 Å². The predicted octanol–water partition coefficient (Wildman–Crippen LogP) is 1.41. The van der Waals surface area contributed by atoms with Crippen molar-refractivity contribution in [3.63, 3.8) is 0 Å². The summed E-state index contributed by atoms with van der Waals surface area (Å²) in [5.41, 5.74) is 2.49. The Balaban J connectivity index is 3.15. The van der Waals surface area contributed by atoms with Gasteiger partial charge in [0.1, 0.15) is 5.82 Å². The number of anilines is 1. The van der Waals surface area contributed by atoms with E-state index < -0.39 is 11.8 Å². The van der Waals surface area contributed by atoms with Crippen molar-refractivity contribution in [3.8, 4) is 0 Å². The molecule has 0 aliphatic heterocycles. The van der Waals surface area contributed by atoms with E-state index in [2.05, 4.69) is 5.43 Å². The number of nitrogens with one attached hydrogen (secondary N) is 1. The zero-order valence-electron chi connectivity index (χ0n) is 7.91. The number of hydrazine groups is 1. The average Bonchev–Trinajstić information content (AvgIpc) is 2.07. The van der Waals surface area contributed by atoms with Crippen LogP contribution in [0.1, 0.15) is 10.4 Å².